The van der Waals surface area contributed by atoms with Crippen molar-refractivity contribution in [3.8, 4) is 0 Å². The van der Waals surface area contributed by atoms with Gasteiger partial charge in [-0.3, -0.25) is 14.5 Å². The fraction of sp³-hybridized carbons (Fsp3) is 0.417. The molecule has 2 amide bonds. The number of rotatable bonds is 8. The summed E-state index contributed by atoms with van der Waals surface area (Å²) < 4.78 is 0. The van der Waals surface area contributed by atoms with Crippen molar-refractivity contribution in [3.05, 3.63) is 63.6 Å². The molecule has 31 heavy (non-hydrogen) atoms. The van der Waals surface area contributed by atoms with Gasteiger partial charge in [0.05, 0.1) is 17.2 Å². The van der Waals surface area contributed by atoms with Crippen molar-refractivity contribution in [2.24, 2.45) is 5.92 Å². The summed E-state index contributed by atoms with van der Waals surface area (Å²) in [7, 11) is 0. The van der Waals surface area contributed by atoms with Crippen LogP contribution in [0.15, 0.2) is 42.5 Å². The number of benzene rings is 2. The van der Waals surface area contributed by atoms with Crippen LogP contribution in [-0.4, -0.2) is 36.3 Å². The molecule has 2 N–H and O–H groups in total. The molecule has 2 aromatic carbocycles. The molecule has 1 saturated heterocycles. The minimum absolute atomic E-state index is 0.0549. The number of para-hydroxylation sites is 1. The maximum Gasteiger partial charge on any atom is 0.253 e. The lowest BCUT2D eigenvalue weighted by Gasteiger charge is -2.32. The Morgan fingerprint density at radius 3 is 2.74 bits per heavy atom. The second-order valence-corrected chi connectivity index (χ2v) is 8.80. The Morgan fingerprint density at radius 2 is 1.97 bits per heavy atom. The maximum absolute atomic E-state index is 13.0. The average molecular weight is 462 g/mol. The molecule has 0 saturated carbocycles. The predicted octanol–water partition coefficient (Wildman–Crippen LogP) is 5.37. The second kappa shape index (κ2) is 11.5. The topological polar surface area (TPSA) is 61.4 Å². The van der Waals surface area contributed by atoms with E-state index >= 15 is 0 Å². The van der Waals surface area contributed by atoms with Gasteiger partial charge in [0.25, 0.3) is 5.91 Å². The molecule has 0 radical (unpaired) electrons. The minimum atomic E-state index is -0.160. The smallest absolute Gasteiger partial charge is 0.253 e. The summed E-state index contributed by atoms with van der Waals surface area (Å²) in [5, 5.41) is 7.15. The van der Waals surface area contributed by atoms with Gasteiger partial charge in [-0.2, -0.15) is 0 Å². The van der Waals surface area contributed by atoms with E-state index in [0.29, 0.717) is 40.9 Å². The molecule has 2 aromatic rings. The van der Waals surface area contributed by atoms with Crippen LogP contribution in [0.1, 0.15) is 48.5 Å². The van der Waals surface area contributed by atoms with Crippen LogP contribution in [0.5, 0.6) is 0 Å². The lowest BCUT2D eigenvalue weighted by molar-refractivity contribution is -0.121. The van der Waals surface area contributed by atoms with Crippen molar-refractivity contribution in [2.75, 3.05) is 25.0 Å². The molecule has 0 spiro atoms. The first-order valence-corrected chi connectivity index (χ1v) is 11.6. The van der Waals surface area contributed by atoms with Crippen LogP contribution in [0, 0.1) is 5.92 Å². The van der Waals surface area contributed by atoms with Gasteiger partial charge in [-0.25, -0.2) is 0 Å². The number of likely N-dealkylation sites (tertiary alicyclic amines) is 1. The molecule has 0 aliphatic carbocycles. The molecular formula is C24H29Cl2N3O2. The molecule has 0 bridgehead atoms. The highest BCUT2D eigenvalue weighted by molar-refractivity contribution is 6.35. The van der Waals surface area contributed by atoms with Gasteiger partial charge in [0.1, 0.15) is 0 Å². The van der Waals surface area contributed by atoms with Gasteiger partial charge < -0.3 is 10.6 Å². The molecular weight excluding hydrogens is 433 g/mol. The normalized spacial score (nSPS) is 16.7. The monoisotopic (exact) mass is 461 g/mol. The Hall–Kier alpha value is -2.08. The summed E-state index contributed by atoms with van der Waals surface area (Å²) in [6.45, 7) is 4.95. The largest absolute Gasteiger partial charge is 0.352 e. The van der Waals surface area contributed by atoms with E-state index in [0.717, 1.165) is 37.8 Å². The SMILES string of the molecule is CCCCNC(=O)c1ccccc1NC(=O)C1CCCN(Cc2ccc(Cl)cc2Cl)C1. The molecule has 7 heteroatoms. The lowest BCUT2D eigenvalue weighted by Crippen LogP contribution is -2.40. The number of unbranched alkanes of at least 4 members (excludes halogenated alkanes) is 1. The van der Waals surface area contributed by atoms with Crippen molar-refractivity contribution in [1.82, 2.24) is 10.2 Å². The number of nitrogens with one attached hydrogen (secondary N) is 2. The van der Waals surface area contributed by atoms with Crippen LogP contribution in [0.25, 0.3) is 0 Å². The first-order valence-electron chi connectivity index (χ1n) is 10.8. The minimum Gasteiger partial charge on any atom is -0.352 e. The molecule has 1 unspecified atom stereocenters. The fourth-order valence-corrected chi connectivity index (χ4v) is 4.27. The maximum atomic E-state index is 13.0. The van der Waals surface area contributed by atoms with E-state index in [-0.39, 0.29) is 17.7 Å². The predicted molar refractivity (Wildman–Crippen MR) is 127 cm³/mol. The summed E-state index contributed by atoms with van der Waals surface area (Å²) >= 11 is 12.3. The lowest BCUT2D eigenvalue weighted by atomic mass is 9.96. The second-order valence-electron chi connectivity index (χ2n) is 7.95. The number of carbonyl (C=O) groups is 2. The van der Waals surface area contributed by atoms with E-state index in [1.54, 1.807) is 18.2 Å². The molecule has 1 aliphatic rings. The van der Waals surface area contributed by atoms with Crippen molar-refractivity contribution >= 4 is 40.7 Å². The van der Waals surface area contributed by atoms with Gasteiger partial charge in [-0.1, -0.05) is 54.7 Å². The van der Waals surface area contributed by atoms with E-state index < -0.39 is 0 Å². The quantitative estimate of drug-likeness (QED) is 0.519. The molecule has 166 valence electrons. The highest BCUT2D eigenvalue weighted by Gasteiger charge is 2.27. The zero-order valence-electron chi connectivity index (χ0n) is 17.8. The van der Waals surface area contributed by atoms with E-state index in [1.807, 2.05) is 24.3 Å². The van der Waals surface area contributed by atoms with Crippen LogP contribution in [-0.2, 0) is 11.3 Å². The number of amides is 2. The van der Waals surface area contributed by atoms with E-state index in [1.165, 1.54) is 0 Å². The molecule has 1 fully saturated rings. The highest BCUT2D eigenvalue weighted by atomic mass is 35.5. The molecule has 1 heterocycles. The standard InChI is InChI=1S/C24H29Cl2N3O2/c1-2-3-12-27-24(31)20-8-4-5-9-22(20)28-23(30)18-7-6-13-29(16-18)15-17-10-11-19(25)14-21(17)26/h4-5,8-11,14,18H,2-3,6-7,12-13,15-16H2,1H3,(H,27,31)(H,28,30). The van der Waals surface area contributed by atoms with Crippen LogP contribution in [0.2, 0.25) is 10.0 Å². The van der Waals surface area contributed by atoms with Crippen LogP contribution < -0.4 is 10.6 Å². The summed E-state index contributed by atoms with van der Waals surface area (Å²) in [4.78, 5) is 27.8. The Bertz CT molecular complexity index is 919. The molecule has 0 aromatic heterocycles. The summed E-state index contributed by atoms with van der Waals surface area (Å²) in [5.41, 5.74) is 2.05. The van der Waals surface area contributed by atoms with Crippen molar-refractivity contribution < 1.29 is 9.59 Å². The number of nitrogens with zero attached hydrogens (tertiary/aromatic N) is 1. The van der Waals surface area contributed by atoms with Crippen LogP contribution in [0.4, 0.5) is 5.69 Å². The average Bonchev–Trinajstić information content (AvgIpc) is 2.76. The molecule has 1 atom stereocenters. The summed E-state index contributed by atoms with van der Waals surface area (Å²) in [6.07, 6.45) is 3.69. The Kier molecular flexibility index (Phi) is 8.76. The van der Waals surface area contributed by atoms with E-state index in [4.69, 9.17) is 23.2 Å². The van der Waals surface area contributed by atoms with Crippen molar-refractivity contribution in [2.45, 2.75) is 39.2 Å². The number of hydrogen-bond acceptors (Lipinski definition) is 3. The van der Waals surface area contributed by atoms with Crippen LogP contribution in [0.3, 0.4) is 0 Å². The van der Waals surface area contributed by atoms with Crippen LogP contribution >= 0.6 is 23.2 Å². The van der Waals surface area contributed by atoms with Gasteiger partial charge in [0, 0.05) is 29.7 Å². The summed E-state index contributed by atoms with van der Waals surface area (Å²) in [5.74, 6) is -0.358. The molecule has 5 nitrogen and oxygen atoms in total. The highest BCUT2D eigenvalue weighted by Crippen LogP contribution is 2.26. The van der Waals surface area contributed by atoms with Gasteiger partial charge in [-0.15, -0.1) is 0 Å². The number of anilines is 1. The Balaban J connectivity index is 1.62. The zero-order valence-corrected chi connectivity index (χ0v) is 19.3. The van der Waals surface area contributed by atoms with Crippen molar-refractivity contribution in [1.29, 1.82) is 0 Å². The third-order valence-corrected chi connectivity index (χ3v) is 6.12. The van der Waals surface area contributed by atoms with E-state index in [9.17, 15) is 9.59 Å². The Labute approximate surface area is 194 Å². The summed E-state index contributed by atoms with van der Waals surface area (Å²) in [6, 6.07) is 12.7. The Morgan fingerprint density at radius 1 is 1.16 bits per heavy atom. The third kappa shape index (κ3) is 6.70. The van der Waals surface area contributed by atoms with Gasteiger partial charge in [0.15, 0.2) is 0 Å². The molecule has 1 aliphatic heterocycles. The van der Waals surface area contributed by atoms with Gasteiger partial charge >= 0.3 is 0 Å². The molecule has 3 rings (SSSR count). The third-order valence-electron chi connectivity index (χ3n) is 5.53. The fourth-order valence-electron chi connectivity index (χ4n) is 3.80. The van der Waals surface area contributed by atoms with E-state index in [2.05, 4.69) is 22.5 Å². The van der Waals surface area contributed by atoms with Crippen molar-refractivity contribution in [3.63, 3.8) is 0 Å². The number of carbonyl (C=O) groups excluding carboxylic acids is 2. The van der Waals surface area contributed by atoms with Gasteiger partial charge in [-0.05, 0) is 55.6 Å². The number of halogens is 2. The number of piperidine rings is 1. The zero-order chi connectivity index (χ0) is 22.2. The first kappa shape index (κ1) is 23.6. The van der Waals surface area contributed by atoms with Gasteiger partial charge in [0.2, 0.25) is 5.91 Å². The number of hydrogen-bond donors (Lipinski definition) is 2. The first-order chi connectivity index (χ1) is 15.0.